The van der Waals surface area contributed by atoms with E-state index in [9.17, 15) is 0 Å². The Morgan fingerprint density at radius 1 is 0.857 bits per heavy atom. The van der Waals surface area contributed by atoms with Crippen molar-refractivity contribution in [2.45, 2.75) is 74.8 Å². The van der Waals surface area contributed by atoms with E-state index in [1.807, 2.05) is 6.92 Å². The van der Waals surface area contributed by atoms with Crippen molar-refractivity contribution in [3.63, 3.8) is 0 Å². The van der Waals surface area contributed by atoms with Crippen LogP contribution in [0.3, 0.4) is 0 Å². The molecule has 0 heterocycles. The molecule has 0 unspecified atom stereocenters. The van der Waals surface area contributed by atoms with Crippen molar-refractivity contribution in [2.75, 3.05) is 6.61 Å². The molecule has 0 radical (unpaired) electrons. The molecule has 90 valence electrons. The zero-order chi connectivity index (χ0) is 11.1. The summed E-state index contributed by atoms with van der Waals surface area (Å²) < 4.78 is 5.23. The minimum atomic E-state index is 0. The van der Waals surface area contributed by atoms with Crippen molar-refractivity contribution in [2.24, 2.45) is 5.41 Å². The minimum Gasteiger partial charge on any atom is -0.376 e. The summed E-state index contributed by atoms with van der Waals surface area (Å²) in [7, 11) is 0. The Morgan fingerprint density at radius 3 is 1.14 bits per heavy atom. The predicted octanol–water partition coefficient (Wildman–Crippen LogP) is 4.90. The van der Waals surface area contributed by atoms with Crippen molar-refractivity contribution in [3.8, 4) is 0 Å². The SMILES string of the molecule is C.CCC(C)(C)C.CCOC(C)(C)C. The Morgan fingerprint density at radius 2 is 1.14 bits per heavy atom. The standard InChI is InChI=1S/C6H14O.C6H14.CH4/c1-5-7-6(2,3)4;1-5-6(2,3)4;/h5H2,1-4H3;5H2,1-4H3;1H4. The van der Waals surface area contributed by atoms with Gasteiger partial charge in [0.2, 0.25) is 0 Å². The van der Waals surface area contributed by atoms with Gasteiger partial charge < -0.3 is 4.74 Å². The van der Waals surface area contributed by atoms with Crippen LogP contribution in [0.4, 0.5) is 0 Å². The second kappa shape index (κ2) is 8.28. The van der Waals surface area contributed by atoms with Gasteiger partial charge in [-0.1, -0.05) is 41.5 Å². The van der Waals surface area contributed by atoms with E-state index in [1.165, 1.54) is 6.42 Å². The average Bonchev–Trinajstić information content (AvgIpc) is 1.84. The molecule has 0 aliphatic heterocycles. The predicted molar refractivity (Wildman–Crippen MR) is 67.9 cm³/mol. The van der Waals surface area contributed by atoms with E-state index in [0.29, 0.717) is 5.41 Å². The highest BCUT2D eigenvalue weighted by Gasteiger charge is 2.06. The smallest absolute Gasteiger partial charge is 0.0598 e. The quantitative estimate of drug-likeness (QED) is 0.590. The van der Waals surface area contributed by atoms with Crippen molar-refractivity contribution < 1.29 is 4.74 Å². The van der Waals surface area contributed by atoms with E-state index in [0.717, 1.165) is 6.61 Å². The molecule has 14 heavy (non-hydrogen) atoms. The van der Waals surface area contributed by atoms with Gasteiger partial charge in [0.25, 0.3) is 0 Å². The van der Waals surface area contributed by atoms with Crippen molar-refractivity contribution in [1.82, 2.24) is 0 Å². The lowest BCUT2D eigenvalue weighted by molar-refractivity contribution is 0.00532. The van der Waals surface area contributed by atoms with Crippen LogP contribution in [0.15, 0.2) is 0 Å². The minimum absolute atomic E-state index is 0. The zero-order valence-corrected chi connectivity index (χ0v) is 10.8. The van der Waals surface area contributed by atoms with Crippen LogP contribution in [0.5, 0.6) is 0 Å². The van der Waals surface area contributed by atoms with Crippen LogP contribution in [0, 0.1) is 5.41 Å². The summed E-state index contributed by atoms with van der Waals surface area (Å²) >= 11 is 0. The van der Waals surface area contributed by atoms with Gasteiger partial charge >= 0.3 is 0 Å². The van der Waals surface area contributed by atoms with Gasteiger partial charge in [-0.15, -0.1) is 0 Å². The fraction of sp³-hybridized carbons (Fsp3) is 1.00. The molecule has 0 N–H and O–H groups in total. The number of hydrogen-bond donors (Lipinski definition) is 0. The fourth-order valence-electron chi connectivity index (χ4n) is 0.433. The Kier molecular flexibility index (Phi) is 11.5. The lowest BCUT2D eigenvalue weighted by Gasteiger charge is -2.17. The topological polar surface area (TPSA) is 9.23 Å². The summed E-state index contributed by atoms with van der Waals surface area (Å²) in [5.41, 5.74) is 0.592. The molecule has 1 nitrogen and oxygen atoms in total. The molecule has 1 heteroatoms. The molecule has 0 aromatic heterocycles. The van der Waals surface area contributed by atoms with Crippen LogP contribution in [0.2, 0.25) is 0 Å². The Hall–Kier alpha value is -0.0400. The summed E-state index contributed by atoms with van der Waals surface area (Å²) in [6, 6.07) is 0. The monoisotopic (exact) mass is 204 g/mol. The van der Waals surface area contributed by atoms with Crippen LogP contribution >= 0.6 is 0 Å². The molecule has 0 saturated carbocycles. The van der Waals surface area contributed by atoms with E-state index in [2.05, 4.69) is 48.5 Å². The van der Waals surface area contributed by atoms with Crippen molar-refractivity contribution >= 4 is 0 Å². The summed E-state index contributed by atoms with van der Waals surface area (Å²) in [4.78, 5) is 0. The van der Waals surface area contributed by atoms with E-state index in [4.69, 9.17) is 4.74 Å². The van der Waals surface area contributed by atoms with Crippen LogP contribution in [0.1, 0.15) is 69.2 Å². The molecule has 0 bridgehead atoms. The van der Waals surface area contributed by atoms with Crippen LogP contribution in [0.25, 0.3) is 0 Å². The van der Waals surface area contributed by atoms with Gasteiger partial charge in [-0.25, -0.2) is 0 Å². The molecule has 0 aromatic rings. The Bertz CT molecular complexity index is 103. The molecule has 0 fully saturated rings. The highest BCUT2D eigenvalue weighted by atomic mass is 16.5. The first-order valence-corrected chi connectivity index (χ1v) is 5.26. The third-order valence-corrected chi connectivity index (χ3v) is 1.64. The van der Waals surface area contributed by atoms with E-state index >= 15 is 0 Å². The lowest BCUT2D eigenvalue weighted by Crippen LogP contribution is -2.18. The maximum Gasteiger partial charge on any atom is 0.0598 e. The normalized spacial score (nSPS) is 11.1. The molecule has 0 aliphatic carbocycles. The number of hydrogen-bond acceptors (Lipinski definition) is 1. The molecule has 0 aliphatic rings. The highest BCUT2D eigenvalue weighted by Crippen LogP contribution is 2.16. The third-order valence-electron chi connectivity index (χ3n) is 1.64. The number of ether oxygens (including phenoxy) is 1. The third kappa shape index (κ3) is 29.7. The molecule has 0 aromatic carbocycles. The Balaban J connectivity index is -0.000000163. The summed E-state index contributed by atoms with van der Waals surface area (Å²) in [5.74, 6) is 0. The number of rotatable bonds is 1. The summed E-state index contributed by atoms with van der Waals surface area (Å²) in [6.07, 6.45) is 1.27. The van der Waals surface area contributed by atoms with Gasteiger partial charge in [0.05, 0.1) is 5.60 Å². The van der Waals surface area contributed by atoms with Crippen molar-refractivity contribution in [1.29, 1.82) is 0 Å². The first-order valence-electron chi connectivity index (χ1n) is 5.26. The molecule has 0 spiro atoms. The molecule has 0 atom stereocenters. The van der Waals surface area contributed by atoms with Gasteiger partial charge in [-0.3, -0.25) is 0 Å². The largest absolute Gasteiger partial charge is 0.376 e. The molecule has 0 amide bonds. The van der Waals surface area contributed by atoms with Crippen molar-refractivity contribution in [3.05, 3.63) is 0 Å². The van der Waals surface area contributed by atoms with E-state index in [-0.39, 0.29) is 13.0 Å². The van der Waals surface area contributed by atoms with E-state index in [1.54, 1.807) is 0 Å². The fourth-order valence-corrected chi connectivity index (χ4v) is 0.433. The second-order valence-corrected chi connectivity index (χ2v) is 5.46. The molecular formula is C13H32O. The first kappa shape index (κ1) is 19.5. The van der Waals surface area contributed by atoms with Gasteiger partial charge in [0.15, 0.2) is 0 Å². The lowest BCUT2D eigenvalue weighted by atomic mass is 9.94. The van der Waals surface area contributed by atoms with Crippen LogP contribution < -0.4 is 0 Å². The van der Waals surface area contributed by atoms with Crippen LogP contribution in [-0.2, 0) is 4.74 Å². The van der Waals surface area contributed by atoms with Crippen LogP contribution in [-0.4, -0.2) is 12.2 Å². The molecular weight excluding hydrogens is 172 g/mol. The average molecular weight is 204 g/mol. The van der Waals surface area contributed by atoms with Gasteiger partial charge in [-0.05, 0) is 33.1 Å². The molecule has 0 rings (SSSR count). The maximum atomic E-state index is 5.23. The summed E-state index contributed by atoms with van der Waals surface area (Å²) in [5, 5.41) is 0. The van der Waals surface area contributed by atoms with Gasteiger partial charge in [0.1, 0.15) is 0 Å². The van der Waals surface area contributed by atoms with E-state index < -0.39 is 0 Å². The molecule has 0 saturated heterocycles. The van der Waals surface area contributed by atoms with Gasteiger partial charge in [-0.2, -0.15) is 0 Å². The van der Waals surface area contributed by atoms with Gasteiger partial charge in [0, 0.05) is 6.61 Å². The Labute approximate surface area is 92.2 Å². The summed E-state index contributed by atoms with van der Waals surface area (Å²) in [6.45, 7) is 17.9. The first-order chi connectivity index (χ1) is 5.62. The highest BCUT2D eigenvalue weighted by molar-refractivity contribution is 4.56. The zero-order valence-electron chi connectivity index (χ0n) is 10.8. The second-order valence-electron chi connectivity index (χ2n) is 5.46. The maximum absolute atomic E-state index is 5.23.